The maximum Gasteiger partial charge on any atom is 0.257 e. The van der Waals surface area contributed by atoms with E-state index in [1.807, 2.05) is 0 Å². The van der Waals surface area contributed by atoms with Gasteiger partial charge in [0.05, 0.1) is 7.11 Å². The van der Waals surface area contributed by atoms with Gasteiger partial charge in [0.2, 0.25) is 5.91 Å². The third-order valence-corrected chi connectivity index (χ3v) is 3.04. The van der Waals surface area contributed by atoms with Crippen molar-refractivity contribution in [3.05, 3.63) is 12.4 Å². The first-order valence-electron chi connectivity index (χ1n) is 5.61. The quantitative estimate of drug-likeness (QED) is 0.810. The van der Waals surface area contributed by atoms with Crippen molar-refractivity contribution in [1.29, 1.82) is 0 Å². The lowest BCUT2D eigenvalue weighted by atomic mass is 9.96. The van der Waals surface area contributed by atoms with E-state index in [0.717, 1.165) is 31.7 Å². The summed E-state index contributed by atoms with van der Waals surface area (Å²) in [5.74, 6) is 1.02. The van der Waals surface area contributed by atoms with Gasteiger partial charge in [0, 0.05) is 31.4 Å². The summed E-state index contributed by atoms with van der Waals surface area (Å²) in [5, 5.41) is 0. The number of nitrogens with zero attached hydrogens (tertiary/aromatic N) is 3. The molecule has 2 rings (SSSR count). The molecule has 2 N–H and O–H groups in total. The Morgan fingerprint density at radius 2 is 2.06 bits per heavy atom. The monoisotopic (exact) mass is 236 g/mol. The van der Waals surface area contributed by atoms with E-state index >= 15 is 0 Å². The summed E-state index contributed by atoms with van der Waals surface area (Å²) in [4.78, 5) is 21.5. The van der Waals surface area contributed by atoms with Crippen LogP contribution in [0.15, 0.2) is 12.4 Å². The zero-order valence-corrected chi connectivity index (χ0v) is 9.80. The van der Waals surface area contributed by atoms with Crippen LogP contribution in [0.5, 0.6) is 5.88 Å². The van der Waals surface area contributed by atoms with Crippen molar-refractivity contribution in [3.63, 3.8) is 0 Å². The Bertz CT molecular complexity index is 402. The number of carbonyl (C=O) groups excluding carboxylic acids is 1. The SMILES string of the molecule is COc1nccnc1N1CCC(C(N)=O)CC1. The van der Waals surface area contributed by atoms with Crippen molar-refractivity contribution >= 4 is 11.7 Å². The van der Waals surface area contributed by atoms with Crippen LogP contribution in [0.2, 0.25) is 0 Å². The fourth-order valence-electron chi connectivity index (χ4n) is 2.05. The first kappa shape index (κ1) is 11.6. The van der Waals surface area contributed by atoms with Crippen LogP contribution in [0.25, 0.3) is 0 Å². The molecule has 92 valence electrons. The molecule has 1 aliphatic rings. The molecule has 1 fully saturated rings. The van der Waals surface area contributed by atoms with Crippen molar-refractivity contribution in [2.24, 2.45) is 11.7 Å². The van der Waals surface area contributed by atoms with Crippen LogP contribution in [0.4, 0.5) is 5.82 Å². The normalized spacial score (nSPS) is 16.9. The molecule has 6 heteroatoms. The maximum absolute atomic E-state index is 11.1. The fourth-order valence-corrected chi connectivity index (χ4v) is 2.05. The van der Waals surface area contributed by atoms with Crippen molar-refractivity contribution in [2.75, 3.05) is 25.1 Å². The van der Waals surface area contributed by atoms with Crippen LogP contribution < -0.4 is 15.4 Å². The zero-order valence-electron chi connectivity index (χ0n) is 9.80. The average molecular weight is 236 g/mol. The summed E-state index contributed by atoms with van der Waals surface area (Å²) in [6.07, 6.45) is 4.75. The molecule has 2 heterocycles. The number of methoxy groups -OCH3 is 1. The van der Waals surface area contributed by atoms with Gasteiger partial charge in [0.1, 0.15) is 0 Å². The number of hydrogen-bond donors (Lipinski definition) is 1. The standard InChI is InChI=1S/C11H16N4O2/c1-17-11-10(13-4-5-14-11)15-6-2-8(3-7-15)9(12)16/h4-5,8H,2-3,6-7H2,1H3,(H2,12,16). The van der Waals surface area contributed by atoms with E-state index in [2.05, 4.69) is 14.9 Å². The molecule has 1 aromatic heterocycles. The molecule has 17 heavy (non-hydrogen) atoms. The summed E-state index contributed by atoms with van der Waals surface area (Å²) >= 11 is 0. The van der Waals surface area contributed by atoms with Crippen molar-refractivity contribution in [1.82, 2.24) is 9.97 Å². The van der Waals surface area contributed by atoms with Gasteiger partial charge in [-0.25, -0.2) is 9.97 Å². The lowest BCUT2D eigenvalue weighted by Crippen LogP contribution is -2.39. The molecule has 1 amide bonds. The molecule has 0 radical (unpaired) electrons. The Balaban J connectivity index is 2.07. The molecule has 0 aromatic carbocycles. The van der Waals surface area contributed by atoms with E-state index in [0.29, 0.717) is 5.88 Å². The molecular weight excluding hydrogens is 220 g/mol. The number of primary amides is 1. The molecule has 1 aromatic rings. The molecule has 0 aliphatic carbocycles. The van der Waals surface area contributed by atoms with Gasteiger partial charge < -0.3 is 15.4 Å². The van der Waals surface area contributed by atoms with Gasteiger partial charge >= 0.3 is 0 Å². The average Bonchev–Trinajstić information content (AvgIpc) is 2.39. The predicted octanol–water partition coefficient (Wildman–Crippen LogP) is 0.187. The highest BCUT2D eigenvalue weighted by Gasteiger charge is 2.25. The van der Waals surface area contributed by atoms with Crippen molar-refractivity contribution in [2.45, 2.75) is 12.8 Å². The minimum absolute atomic E-state index is 0.0195. The molecule has 0 saturated carbocycles. The summed E-state index contributed by atoms with van der Waals surface area (Å²) in [5.41, 5.74) is 5.30. The number of piperidine rings is 1. The topological polar surface area (TPSA) is 81.3 Å². The Kier molecular flexibility index (Phi) is 3.41. The number of amides is 1. The molecule has 0 atom stereocenters. The lowest BCUT2D eigenvalue weighted by Gasteiger charge is -2.31. The smallest absolute Gasteiger partial charge is 0.257 e. The number of carbonyl (C=O) groups is 1. The Hall–Kier alpha value is -1.85. The molecule has 0 unspecified atom stereocenters. The molecule has 6 nitrogen and oxygen atoms in total. The largest absolute Gasteiger partial charge is 0.478 e. The van der Waals surface area contributed by atoms with Gasteiger partial charge in [0.25, 0.3) is 5.88 Å². The van der Waals surface area contributed by atoms with Crippen molar-refractivity contribution < 1.29 is 9.53 Å². The second-order valence-corrected chi connectivity index (χ2v) is 4.05. The number of aromatic nitrogens is 2. The highest BCUT2D eigenvalue weighted by Crippen LogP contribution is 2.26. The third-order valence-electron chi connectivity index (χ3n) is 3.04. The first-order chi connectivity index (χ1) is 8.22. The number of hydrogen-bond acceptors (Lipinski definition) is 5. The number of ether oxygens (including phenoxy) is 1. The van der Waals surface area contributed by atoms with E-state index in [1.165, 1.54) is 0 Å². The van der Waals surface area contributed by atoms with Gasteiger partial charge in [-0.05, 0) is 12.8 Å². The van der Waals surface area contributed by atoms with Gasteiger partial charge in [0.15, 0.2) is 5.82 Å². The van der Waals surface area contributed by atoms with Gasteiger partial charge in [-0.3, -0.25) is 4.79 Å². The molecular formula is C11H16N4O2. The second-order valence-electron chi connectivity index (χ2n) is 4.05. The highest BCUT2D eigenvalue weighted by molar-refractivity contribution is 5.77. The van der Waals surface area contributed by atoms with E-state index in [9.17, 15) is 4.79 Å². The number of anilines is 1. The third kappa shape index (κ3) is 2.46. The van der Waals surface area contributed by atoms with Gasteiger partial charge in [-0.15, -0.1) is 0 Å². The predicted molar refractivity (Wildman–Crippen MR) is 62.7 cm³/mol. The molecule has 0 spiro atoms. The summed E-state index contributed by atoms with van der Waals surface area (Å²) in [6.45, 7) is 1.51. The van der Waals surface area contributed by atoms with Crippen LogP contribution in [-0.2, 0) is 4.79 Å². The van der Waals surface area contributed by atoms with Crippen LogP contribution in [-0.4, -0.2) is 36.1 Å². The summed E-state index contributed by atoms with van der Waals surface area (Å²) in [6, 6.07) is 0. The van der Waals surface area contributed by atoms with Crippen LogP contribution in [0.3, 0.4) is 0 Å². The fraction of sp³-hybridized carbons (Fsp3) is 0.545. The van der Waals surface area contributed by atoms with Crippen LogP contribution >= 0.6 is 0 Å². The maximum atomic E-state index is 11.1. The summed E-state index contributed by atoms with van der Waals surface area (Å²) in [7, 11) is 1.57. The van der Waals surface area contributed by atoms with E-state index < -0.39 is 0 Å². The molecule has 1 saturated heterocycles. The van der Waals surface area contributed by atoms with Gasteiger partial charge in [-0.2, -0.15) is 0 Å². The zero-order chi connectivity index (χ0) is 12.3. The number of rotatable bonds is 3. The Morgan fingerprint density at radius 1 is 1.41 bits per heavy atom. The lowest BCUT2D eigenvalue weighted by molar-refractivity contribution is -0.122. The molecule has 1 aliphatic heterocycles. The van der Waals surface area contributed by atoms with Crippen LogP contribution in [0, 0.1) is 5.92 Å². The summed E-state index contributed by atoms with van der Waals surface area (Å²) < 4.78 is 5.17. The first-order valence-corrected chi connectivity index (χ1v) is 5.61. The second kappa shape index (κ2) is 4.99. The Labute approximate surface area is 99.8 Å². The molecule has 0 bridgehead atoms. The van der Waals surface area contributed by atoms with Gasteiger partial charge in [-0.1, -0.05) is 0 Å². The highest BCUT2D eigenvalue weighted by atomic mass is 16.5. The van der Waals surface area contributed by atoms with E-state index in [-0.39, 0.29) is 11.8 Å². The van der Waals surface area contributed by atoms with Crippen molar-refractivity contribution in [3.8, 4) is 5.88 Å². The Morgan fingerprint density at radius 3 is 2.65 bits per heavy atom. The minimum Gasteiger partial charge on any atom is -0.478 e. The number of nitrogens with two attached hydrogens (primary N) is 1. The van der Waals surface area contributed by atoms with E-state index in [4.69, 9.17) is 10.5 Å². The van der Waals surface area contributed by atoms with Crippen LogP contribution in [0.1, 0.15) is 12.8 Å². The van der Waals surface area contributed by atoms with E-state index in [1.54, 1.807) is 19.5 Å². The minimum atomic E-state index is -0.212.